The molecule has 0 bridgehead atoms. The molecule has 2 rings (SSSR count). The van der Waals surface area contributed by atoms with Crippen molar-refractivity contribution in [3.63, 3.8) is 0 Å². The molecule has 0 spiro atoms. The standard InChI is InChI=1S/C13H17BrClNO3S/c1-13(2)9-16(8-10(7-14)19-13)20(17,18)12-6-4-3-5-11(12)15/h3-6,10H,7-9H2,1-2H3. The van der Waals surface area contributed by atoms with Gasteiger partial charge in [-0.25, -0.2) is 8.42 Å². The monoisotopic (exact) mass is 381 g/mol. The van der Waals surface area contributed by atoms with Gasteiger partial charge >= 0.3 is 0 Å². The molecule has 0 aliphatic carbocycles. The average Bonchev–Trinajstić information content (AvgIpc) is 2.37. The first-order valence-electron chi connectivity index (χ1n) is 6.25. The number of ether oxygens (including phenoxy) is 1. The van der Waals surface area contributed by atoms with Gasteiger partial charge in [-0.05, 0) is 26.0 Å². The highest BCUT2D eigenvalue weighted by atomic mass is 79.9. The molecular weight excluding hydrogens is 366 g/mol. The van der Waals surface area contributed by atoms with Crippen LogP contribution in [0.4, 0.5) is 0 Å². The van der Waals surface area contributed by atoms with Crippen molar-refractivity contribution in [3.05, 3.63) is 29.3 Å². The van der Waals surface area contributed by atoms with E-state index in [4.69, 9.17) is 16.3 Å². The summed E-state index contributed by atoms with van der Waals surface area (Å²) in [6, 6.07) is 6.50. The van der Waals surface area contributed by atoms with E-state index in [0.717, 1.165) is 0 Å². The van der Waals surface area contributed by atoms with E-state index in [9.17, 15) is 8.42 Å². The van der Waals surface area contributed by atoms with E-state index in [1.165, 1.54) is 10.4 Å². The van der Waals surface area contributed by atoms with Gasteiger partial charge in [0.1, 0.15) is 4.90 Å². The third-order valence-electron chi connectivity index (χ3n) is 3.08. The molecule has 1 unspecified atom stereocenters. The van der Waals surface area contributed by atoms with E-state index in [1.807, 2.05) is 13.8 Å². The smallest absolute Gasteiger partial charge is 0.244 e. The number of sulfonamides is 1. The Hall–Kier alpha value is -0.140. The summed E-state index contributed by atoms with van der Waals surface area (Å²) in [5, 5.41) is 0.831. The summed E-state index contributed by atoms with van der Waals surface area (Å²) in [5.74, 6) is 0. The Balaban J connectivity index is 2.36. The molecule has 1 atom stereocenters. The summed E-state index contributed by atoms with van der Waals surface area (Å²) in [6.45, 7) is 4.40. The topological polar surface area (TPSA) is 46.6 Å². The van der Waals surface area contributed by atoms with Crippen LogP contribution in [0.1, 0.15) is 13.8 Å². The minimum Gasteiger partial charge on any atom is -0.369 e. The molecule has 1 heterocycles. The van der Waals surface area contributed by atoms with Gasteiger partial charge in [-0.2, -0.15) is 4.31 Å². The highest BCUT2D eigenvalue weighted by Crippen LogP contribution is 2.30. The van der Waals surface area contributed by atoms with Crippen molar-refractivity contribution in [2.45, 2.75) is 30.4 Å². The van der Waals surface area contributed by atoms with Crippen molar-refractivity contribution in [2.75, 3.05) is 18.4 Å². The molecule has 1 aromatic carbocycles. The number of nitrogens with zero attached hydrogens (tertiary/aromatic N) is 1. The first-order valence-corrected chi connectivity index (χ1v) is 9.19. The number of hydrogen-bond donors (Lipinski definition) is 0. The van der Waals surface area contributed by atoms with Crippen LogP contribution in [0.25, 0.3) is 0 Å². The molecule has 0 N–H and O–H groups in total. The van der Waals surface area contributed by atoms with Crippen molar-refractivity contribution in [1.29, 1.82) is 0 Å². The normalized spacial score (nSPS) is 23.7. The van der Waals surface area contributed by atoms with Crippen LogP contribution in [-0.2, 0) is 14.8 Å². The van der Waals surface area contributed by atoms with Crippen LogP contribution in [0.5, 0.6) is 0 Å². The van der Waals surface area contributed by atoms with E-state index in [0.29, 0.717) is 18.4 Å². The fraction of sp³-hybridized carbons (Fsp3) is 0.538. The Labute approximate surface area is 133 Å². The van der Waals surface area contributed by atoms with Crippen molar-refractivity contribution in [1.82, 2.24) is 4.31 Å². The van der Waals surface area contributed by atoms with Crippen molar-refractivity contribution in [2.24, 2.45) is 0 Å². The largest absolute Gasteiger partial charge is 0.369 e. The van der Waals surface area contributed by atoms with E-state index in [2.05, 4.69) is 15.9 Å². The number of rotatable bonds is 3. The summed E-state index contributed by atoms with van der Waals surface area (Å²) in [6.07, 6.45) is -0.170. The summed E-state index contributed by atoms with van der Waals surface area (Å²) in [7, 11) is -3.61. The lowest BCUT2D eigenvalue weighted by atomic mass is 10.1. The highest BCUT2D eigenvalue weighted by Gasteiger charge is 2.39. The molecule has 7 heteroatoms. The fourth-order valence-corrected chi connectivity index (χ4v) is 4.75. The van der Waals surface area contributed by atoms with Gasteiger partial charge in [-0.1, -0.05) is 39.7 Å². The lowest BCUT2D eigenvalue weighted by Crippen LogP contribution is -2.55. The van der Waals surface area contributed by atoms with Crippen LogP contribution in [0.2, 0.25) is 5.02 Å². The van der Waals surface area contributed by atoms with Crippen molar-refractivity contribution < 1.29 is 13.2 Å². The van der Waals surface area contributed by atoms with Crippen LogP contribution in [0, 0.1) is 0 Å². The molecule has 0 amide bonds. The van der Waals surface area contributed by atoms with Gasteiger partial charge in [0.25, 0.3) is 0 Å². The highest BCUT2D eigenvalue weighted by molar-refractivity contribution is 9.09. The van der Waals surface area contributed by atoms with Gasteiger partial charge < -0.3 is 4.74 Å². The van der Waals surface area contributed by atoms with Crippen LogP contribution in [-0.4, -0.2) is 42.8 Å². The second kappa shape index (κ2) is 5.93. The first-order chi connectivity index (χ1) is 9.26. The summed E-state index contributed by atoms with van der Waals surface area (Å²) >= 11 is 9.38. The lowest BCUT2D eigenvalue weighted by Gasteiger charge is -2.41. The Morgan fingerprint density at radius 2 is 2.10 bits per heavy atom. The molecule has 1 fully saturated rings. The van der Waals surface area contributed by atoms with Crippen molar-refractivity contribution in [3.8, 4) is 0 Å². The number of benzene rings is 1. The van der Waals surface area contributed by atoms with E-state index in [1.54, 1.807) is 18.2 Å². The summed E-state index contributed by atoms with van der Waals surface area (Å²) in [5.41, 5.74) is -0.523. The van der Waals surface area contributed by atoms with Crippen LogP contribution >= 0.6 is 27.5 Å². The zero-order chi connectivity index (χ0) is 15.0. The van der Waals surface area contributed by atoms with Gasteiger partial charge in [-0.3, -0.25) is 0 Å². The van der Waals surface area contributed by atoms with Gasteiger partial charge in [0, 0.05) is 18.4 Å². The Kier molecular flexibility index (Phi) is 4.81. The number of alkyl halides is 1. The minimum atomic E-state index is -3.61. The van der Waals surface area contributed by atoms with Crippen LogP contribution in [0.3, 0.4) is 0 Å². The number of hydrogen-bond acceptors (Lipinski definition) is 3. The second-order valence-electron chi connectivity index (χ2n) is 5.38. The molecule has 1 aliphatic rings. The molecule has 4 nitrogen and oxygen atoms in total. The quantitative estimate of drug-likeness (QED) is 0.755. The average molecular weight is 383 g/mol. The first kappa shape index (κ1) is 16.2. The third kappa shape index (κ3) is 3.36. The maximum atomic E-state index is 12.7. The van der Waals surface area contributed by atoms with E-state index >= 15 is 0 Å². The maximum absolute atomic E-state index is 12.7. The molecule has 0 saturated carbocycles. The molecule has 1 aromatic rings. The second-order valence-corrected chi connectivity index (χ2v) is 8.34. The Morgan fingerprint density at radius 1 is 1.45 bits per heavy atom. The SMILES string of the molecule is CC1(C)CN(S(=O)(=O)c2ccccc2Cl)CC(CBr)O1. The van der Waals surface area contributed by atoms with Crippen LogP contribution < -0.4 is 0 Å². The fourth-order valence-electron chi connectivity index (χ4n) is 2.30. The molecule has 1 aliphatic heterocycles. The Bertz CT molecular complexity index is 591. The van der Waals surface area contributed by atoms with E-state index in [-0.39, 0.29) is 16.0 Å². The third-order valence-corrected chi connectivity index (χ3v) is 6.11. The van der Waals surface area contributed by atoms with Gasteiger partial charge in [-0.15, -0.1) is 0 Å². The zero-order valence-electron chi connectivity index (χ0n) is 11.3. The van der Waals surface area contributed by atoms with Crippen LogP contribution in [0.15, 0.2) is 29.2 Å². The maximum Gasteiger partial charge on any atom is 0.244 e. The predicted octanol–water partition coefficient (Wildman–Crippen LogP) is 2.90. The predicted molar refractivity (Wildman–Crippen MR) is 83.0 cm³/mol. The van der Waals surface area contributed by atoms with Gasteiger partial charge in [0.05, 0.1) is 16.7 Å². The summed E-state index contributed by atoms with van der Waals surface area (Å²) in [4.78, 5) is 0.146. The molecule has 112 valence electrons. The molecule has 1 saturated heterocycles. The lowest BCUT2D eigenvalue weighted by molar-refractivity contribution is -0.106. The number of morpholine rings is 1. The zero-order valence-corrected chi connectivity index (χ0v) is 14.5. The molecular formula is C13H17BrClNO3S. The minimum absolute atomic E-state index is 0.146. The summed E-state index contributed by atoms with van der Waals surface area (Å²) < 4.78 is 32.7. The number of halogens is 2. The van der Waals surface area contributed by atoms with Crippen molar-refractivity contribution >= 4 is 37.6 Å². The molecule has 0 radical (unpaired) electrons. The Morgan fingerprint density at radius 3 is 2.70 bits per heavy atom. The van der Waals surface area contributed by atoms with E-state index < -0.39 is 15.6 Å². The van der Waals surface area contributed by atoms with Gasteiger partial charge in [0.15, 0.2) is 0 Å². The van der Waals surface area contributed by atoms with Gasteiger partial charge in [0.2, 0.25) is 10.0 Å². The molecule has 20 heavy (non-hydrogen) atoms. The molecule has 0 aromatic heterocycles.